The lowest BCUT2D eigenvalue weighted by Crippen LogP contribution is -2.06. The number of fused-ring (bicyclic) bond motifs is 1. The number of aryl methyl sites for hydroxylation is 1. The van der Waals surface area contributed by atoms with Crippen LogP contribution in [0.4, 0.5) is 0 Å². The number of ketones is 1. The zero-order valence-electron chi connectivity index (χ0n) is 14.4. The Morgan fingerprint density at radius 2 is 1.48 bits per heavy atom. The van der Waals surface area contributed by atoms with E-state index in [0.717, 1.165) is 5.56 Å². The minimum atomic E-state index is -4.09. The van der Waals surface area contributed by atoms with Crippen LogP contribution >= 0.6 is 0 Å². The van der Waals surface area contributed by atoms with E-state index in [1.165, 1.54) is 12.1 Å². The number of aromatic nitrogens is 1. The van der Waals surface area contributed by atoms with Gasteiger partial charge in [0.25, 0.3) is 0 Å². The lowest BCUT2D eigenvalue weighted by molar-refractivity contribution is 0.105. The Labute approximate surface area is 157 Å². The second kappa shape index (κ2) is 6.48. The maximum atomic E-state index is 12.9. The summed E-state index contributed by atoms with van der Waals surface area (Å²) in [6.07, 6.45) is 3.09. The van der Waals surface area contributed by atoms with Crippen molar-refractivity contribution in [3.05, 3.63) is 95.3 Å². The molecule has 4 rings (SSSR count). The summed E-state index contributed by atoms with van der Waals surface area (Å²) in [7, 11) is -4.09. The summed E-state index contributed by atoms with van der Waals surface area (Å²) in [5.74, 6) is -0.228. The Morgan fingerprint density at radius 1 is 0.852 bits per heavy atom. The molecule has 0 atom stereocenters. The molecule has 0 fully saturated rings. The topological polar surface area (TPSA) is 73.3 Å². The van der Waals surface area contributed by atoms with Gasteiger partial charge in [0.1, 0.15) is 4.90 Å². The third kappa shape index (κ3) is 3.04. The number of nitrogens with zero attached hydrogens (tertiary/aromatic N) is 1. The molecule has 0 N–H and O–H groups in total. The van der Waals surface area contributed by atoms with Gasteiger partial charge in [-0.05, 0) is 36.8 Å². The van der Waals surface area contributed by atoms with E-state index in [0.29, 0.717) is 16.7 Å². The molecule has 134 valence electrons. The van der Waals surface area contributed by atoms with Crippen LogP contribution in [0.3, 0.4) is 0 Å². The molecule has 3 aromatic rings. The number of hydrogen-bond acceptors (Lipinski definition) is 5. The van der Waals surface area contributed by atoms with Gasteiger partial charge in [0, 0.05) is 23.5 Å². The monoisotopic (exact) mass is 377 g/mol. The van der Waals surface area contributed by atoms with Crippen LogP contribution in [0.15, 0.2) is 78.0 Å². The number of Topliss-reactive ketones (excluding diaryl/α,β-unsaturated/α-hetero) is 1. The first kappa shape index (κ1) is 17.2. The van der Waals surface area contributed by atoms with E-state index in [-0.39, 0.29) is 22.0 Å². The molecule has 5 nitrogen and oxygen atoms in total. The molecule has 0 unspecified atom stereocenters. The molecule has 1 aliphatic rings. The van der Waals surface area contributed by atoms with Crippen molar-refractivity contribution in [2.75, 3.05) is 0 Å². The standard InChI is InChI=1S/C21H15NO4S/c1-14-6-8-16(9-7-14)27(24,25)26-21-18-5-3-2-4-17(18)20(23)19(21)15-10-12-22-13-11-15/h2-13H,1H3. The number of benzene rings is 2. The Balaban J connectivity index is 1.87. The Hall–Kier alpha value is -3.25. The maximum Gasteiger partial charge on any atom is 0.339 e. The second-order valence-electron chi connectivity index (χ2n) is 6.17. The van der Waals surface area contributed by atoms with Crippen molar-refractivity contribution in [2.24, 2.45) is 0 Å². The van der Waals surface area contributed by atoms with E-state index in [1.807, 2.05) is 6.92 Å². The molecule has 0 bridgehead atoms. The van der Waals surface area contributed by atoms with Gasteiger partial charge in [0.15, 0.2) is 11.5 Å². The van der Waals surface area contributed by atoms with Gasteiger partial charge in [-0.1, -0.05) is 42.0 Å². The van der Waals surface area contributed by atoms with Crippen LogP contribution in [-0.2, 0) is 14.3 Å². The van der Waals surface area contributed by atoms with Crippen LogP contribution in [0.1, 0.15) is 27.0 Å². The van der Waals surface area contributed by atoms with Gasteiger partial charge >= 0.3 is 10.1 Å². The smallest absolute Gasteiger partial charge is 0.339 e. The lowest BCUT2D eigenvalue weighted by Gasteiger charge is -2.11. The van der Waals surface area contributed by atoms with E-state index >= 15 is 0 Å². The van der Waals surface area contributed by atoms with Crippen LogP contribution in [-0.4, -0.2) is 19.2 Å². The average Bonchev–Trinajstić information content (AvgIpc) is 2.94. The first-order valence-electron chi connectivity index (χ1n) is 8.27. The summed E-state index contributed by atoms with van der Waals surface area (Å²) in [6, 6.07) is 16.5. The van der Waals surface area contributed by atoms with Gasteiger partial charge in [-0.3, -0.25) is 9.78 Å². The SMILES string of the molecule is Cc1ccc(S(=O)(=O)OC2=C(c3ccncc3)C(=O)c3ccccc32)cc1. The van der Waals surface area contributed by atoms with Gasteiger partial charge in [0.2, 0.25) is 0 Å². The van der Waals surface area contributed by atoms with E-state index in [9.17, 15) is 13.2 Å². The summed E-state index contributed by atoms with van der Waals surface area (Å²) in [5, 5.41) is 0. The average molecular weight is 377 g/mol. The zero-order chi connectivity index (χ0) is 19.0. The third-order valence-electron chi connectivity index (χ3n) is 4.34. The van der Waals surface area contributed by atoms with E-state index in [4.69, 9.17) is 4.18 Å². The van der Waals surface area contributed by atoms with Crippen LogP contribution in [0.5, 0.6) is 0 Å². The van der Waals surface area contributed by atoms with E-state index < -0.39 is 10.1 Å². The number of pyridine rings is 1. The molecule has 0 saturated heterocycles. The van der Waals surface area contributed by atoms with Gasteiger partial charge in [-0.25, -0.2) is 0 Å². The minimum Gasteiger partial charge on any atom is -0.377 e. The molecule has 0 radical (unpaired) electrons. The molecule has 0 aliphatic heterocycles. The van der Waals surface area contributed by atoms with Crippen LogP contribution in [0.25, 0.3) is 11.3 Å². The molecule has 0 amide bonds. The molecular weight excluding hydrogens is 362 g/mol. The van der Waals surface area contributed by atoms with Crippen molar-refractivity contribution in [1.29, 1.82) is 0 Å². The molecule has 6 heteroatoms. The third-order valence-corrected chi connectivity index (χ3v) is 5.58. The highest BCUT2D eigenvalue weighted by molar-refractivity contribution is 7.87. The van der Waals surface area contributed by atoms with Crippen LogP contribution < -0.4 is 0 Å². The van der Waals surface area contributed by atoms with Crippen molar-refractivity contribution in [2.45, 2.75) is 11.8 Å². The highest BCUT2D eigenvalue weighted by Crippen LogP contribution is 2.40. The highest BCUT2D eigenvalue weighted by atomic mass is 32.2. The molecule has 27 heavy (non-hydrogen) atoms. The number of hydrogen-bond donors (Lipinski definition) is 0. The van der Waals surface area contributed by atoms with E-state index in [1.54, 1.807) is 60.9 Å². The van der Waals surface area contributed by atoms with Crippen molar-refractivity contribution in [3.8, 4) is 0 Å². The molecule has 1 aromatic heterocycles. The first-order chi connectivity index (χ1) is 13.0. The van der Waals surface area contributed by atoms with Gasteiger partial charge in [-0.2, -0.15) is 8.42 Å². The zero-order valence-corrected chi connectivity index (χ0v) is 15.2. The van der Waals surface area contributed by atoms with Crippen LogP contribution in [0, 0.1) is 6.92 Å². The number of rotatable bonds is 4. The lowest BCUT2D eigenvalue weighted by atomic mass is 10.0. The summed E-state index contributed by atoms with van der Waals surface area (Å²) < 4.78 is 31.1. The fourth-order valence-corrected chi connectivity index (χ4v) is 3.94. The highest BCUT2D eigenvalue weighted by Gasteiger charge is 2.34. The largest absolute Gasteiger partial charge is 0.377 e. The Morgan fingerprint density at radius 3 is 2.15 bits per heavy atom. The molecule has 2 aromatic carbocycles. The molecule has 1 aliphatic carbocycles. The van der Waals surface area contributed by atoms with Crippen molar-refractivity contribution in [1.82, 2.24) is 4.98 Å². The van der Waals surface area contributed by atoms with Crippen molar-refractivity contribution < 1.29 is 17.4 Å². The first-order valence-corrected chi connectivity index (χ1v) is 9.68. The van der Waals surface area contributed by atoms with Gasteiger partial charge in [0.05, 0.1) is 5.57 Å². The normalized spacial score (nSPS) is 13.6. The summed E-state index contributed by atoms with van der Waals surface area (Å²) >= 11 is 0. The Kier molecular flexibility index (Phi) is 4.12. The van der Waals surface area contributed by atoms with Gasteiger partial charge in [-0.15, -0.1) is 0 Å². The summed E-state index contributed by atoms with van der Waals surface area (Å²) in [5.41, 5.74) is 2.59. The quantitative estimate of drug-likeness (QED) is 0.646. The van der Waals surface area contributed by atoms with Crippen molar-refractivity contribution in [3.63, 3.8) is 0 Å². The number of carbonyl (C=O) groups is 1. The molecule has 0 spiro atoms. The van der Waals surface area contributed by atoms with E-state index in [2.05, 4.69) is 4.98 Å². The summed E-state index contributed by atoms with van der Waals surface area (Å²) in [4.78, 5) is 16.9. The van der Waals surface area contributed by atoms with Gasteiger partial charge < -0.3 is 4.18 Å². The summed E-state index contributed by atoms with van der Waals surface area (Å²) in [6.45, 7) is 1.87. The second-order valence-corrected chi connectivity index (χ2v) is 7.71. The maximum absolute atomic E-state index is 12.9. The molecule has 0 saturated carbocycles. The number of allylic oxidation sites excluding steroid dienone is 1. The molecule has 1 heterocycles. The molecular formula is C21H15NO4S. The number of carbonyl (C=O) groups excluding carboxylic acids is 1. The van der Waals surface area contributed by atoms with Crippen LogP contribution in [0.2, 0.25) is 0 Å². The fourth-order valence-electron chi connectivity index (χ4n) is 2.98. The predicted octanol–water partition coefficient (Wildman–Crippen LogP) is 3.86. The van der Waals surface area contributed by atoms with Crippen molar-refractivity contribution >= 4 is 27.2 Å². The minimum absolute atomic E-state index is 0.0338. The predicted molar refractivity (Wildman–Crippen MR) is 101 cm³/mol. The fraction of sp³-hybridized carbons (Fsp3) is 0.0476. The Bertz CT molecular complexity index is 1160.